The molecular formula is C16H15N3O2. The van der Waals surface area contributed by atoms with Gasteiger partial charge in [0.2, 0.25) is 11.7 Å². The van der Waals surface area contributed by atoms with E-state index in [9.17, 15) is 5.11 Å². The van der Waals surface area contributed by atoms with Gasteiger partial charge >= 0.3 is 0 Å². The average molecular weight is 281 g/mol. The summed E-state index contributed by atoms with van der Waals surface area (Å²) in [5, 5.41) is 14.1. The third-order valence-corrected chi connectivity index (χ3v) is 3.28. The van der Waals surface area contributed by atoms with Crippen LogP contribution >= 0.6 is 0 Å². The van der Waals surface area contributed by atoms with Crippen LogP contribution in [0.25, 0.3) is 11.4 Å². The van der Waals surface area contributed by atoms with E-state index in [1.807, 2.05) is 43.3 Å². The first kappa shape index (κ1) is 13.5. The van der Waals surface area contributed by atoms with Crippen LogP contribution in [-0.4, -0.2) is 20.2 Å². The molecule has 0 spiro atoms. The minimum Gasteiger partial charge on any atom is -0.388 e. The Morgan fingerprint density at radius 2 is 2.00 bits per heavy atom. The van der Waals surface area contributed by atoms with E-state index in [4.69, 9.17) is 4.52 Å². The van der Waals surface area contributed by atoms with Crippen molar-refractivity contribution >= 4 is 0 Å². The van der Waals surface area contributed by atoms with Gasteiger partial charge in [0.25, 0.3) is 0 Å². The molecule has 106 valence electrons. The van der Waals surface area contributed by atoms with Crippen LogP contribution in [0.2, 0.25) is 0 Å². The Labute approximate surface area is 122 Å². The summed E-state index contributed by atoms with van der Waals surface area (Å²) in [5.74, 6) is 0.933. The summed E-state index contributed by atoms with van der Waals surface area (Å²) < 4.78 is 5.22. The van der Waals surface area contributed by atoms with Crippen LogP contribution in [0, 0.1) is 6.92 Å². The molecule has 3 rings (SSSR count). The van der Waals surface area contributed by atoms with E-state index in [1.54, 1.807) is 12.4 Å². The van der Waals surface area contributed by atoms with Crippen molar-refractivity contribution in [1.29, 1.82) is 0 Å². The highest BCUT2D eigenvalue weighted by atomic mass is 16.5. The van der Waals surface area contributed by atoms with E-state index in [-0.39, 0.29) is 0 Å². The molecule has 3 aromatic rings. The van der Waals surface area contributed by atoms with E-state index in [0.717, 1.165) is 16.7 Å². The second-order valence-electron chi connectivity index (χ2n) is 4.83. The summed E-state index contributed by atoms with van der Waals surface area (Å²) in [6.07, 6.45) is 3.08. The monoisotopic (exact) mass is 281 g/mol. The van der Waals surface area contributed by atoms with E-state index in [0.29, 0.717) is 18.1 Å². The smallest absolute Gasteiger partial charge is 0.229 e. The van der Waals surface area contributed by atoms with Crippen LogP contribution in [-0.2, 0) is 6.42 Å². The van der Waals surface area contributed by atoms with E-state index in [2.05, 4.69) is 15.1 Å². The molecule has 1 aromatic carbocycles. The van der Waals surface area contributed by atoms with Crippen molar-refractivity contribution in [3.8, 4) is 11.4 Å². The lowest BCUT2D eigenvalue weighted by Crippen LogP contribution is -2.01. The summed E-state index contributed by atoms with van der Waals surface area (Å²) in [5.41, 5.74) is 2.69. The van der Waals surface area contributed by atoms with Crippen molar-refractivity contribution in [2.75, 3.05) is 0 Å². The van der Waals surface area contributed by atoms with E-state index in [1.165, 1.54) is 0 Å². The fraction of sp³-hybridized carbons (Fsp3) is 0.188. The van der Waals surface area contributed by atoms with Gasteiger partial charge < -0.3 is 9.63 Å². The molecule has 0 aliphatic rings. The fourth-order valence-corrected chi connectivity index (χ4v) is 2.13. The van der Waals surface area contributed by atoms with Crippen LogP contribution in [0.5, 0.6) is 0 Å². The zero-order chi connectivity index (χ0) is 14.7. The van der Waals surface area contributed by atoms with Gasteiger partial charge in [-0.3, -0.25) is 4.98 Å². The van der Waals surface area contributed by atoms with Gasteiger partial charge in [0, 0.05) is 18.0 Å². The standard InChI is InChI=1S/C16H15N3O2/c1-11-10-17-8-7-13(11)16-18-15(21-19-16)9-14(20)12-5-3-2-4-6-12/h2-8,10,14,20H,9H2,1H3. The van der Waals surface area contributed by atoms with Crippen LogP contribution in [0.15, 0.2) is 53.3 Å². The molecule has 5 heteroatoms. The van der Waals surface area contributed by atoms with Crippen molar-refractivity contribution in [3.05, 3.63) is 65.8 Å². The lowest BCUT2D eigenvalue weighted by molar-refractivity contribution is 0.165. The predicted octanol–water partition coefficient (Wildman–Crippen LogP) is 2.72. The number of aliphatic hydroxyl groups excluding tert-OH is 1. The molecule has 0 bridgehead atoms. The summed E-state index contributed by atoms with van der Waals surface area (Å²) >= 11 is 0. The molecule has 2 aromatic heterocycles. The van der Waals surface area contributed by atoms with Crippen LogP contribution in [0.3, 0.4) is 0 Å². The average Bonchev–Trinajstić information content (AvgIpc) is 2.97. The number of nitrogens with zero attached hydrogens (tertiary/aromatic N) is 3. The maximum Gasteiger partial charge on any atom is 0.229 e. The van der Waals surface area contributed by atoms with Crippen molar-refractivity contribution < 1.29 is 9.63 Å². The number of hydrogen-bond donors (Lipinski definition) is 1. The van der Waals surface area contributed by atoms with Crippen molar-refractivity contribution in [2.24, 2.45) is 0 Å². The van der Waals surface area contributed by atoms with Gasteiger partial charge in [-0.05, 0) is 24.1 Å². The Hall–Kier alpha value is -2.53. The lowest BCUT2D eigenvalue weighted by Gasteiger charge is -2.07. The van der Waals surface area contributed by atoms with Gasteiger partial charge in [-0.1, -0.05) is 35.5 Å². The molecule has 2 heterocycles. The molecule has 1 N–H and O–H groups in total. The second kappa shape index (κ2) is 5.85. The molecule has 21 heavy (non-hydrogen) atoms. The Bertz CT molecular complexity index is 725. The molecule has 0 saturated carbocycles. The lowest BCUT2D eigenvalue weighted by atomic mass is 10.1. The van der Waals surface area contributed by atoms with Crippen LogP contribution in [0.1, 0.15) is 23.1 Å². The minimum absolute atomic E-state index is 0.293. The number of benzene rings is 1. The van der Waals surface area contributed by atoms with Crippen molar-refractivity contribution in [1.82, 2.24) is 15.1 Å². The Morgan fingerprint density at radius 3 is 2.76 bits per heavy atom. The molecule has 0 amide bonds. The number of aryl methyl sites for hydroxylation is 1. The SMILES string of the molecule is Cc1cnccc1-c1noc(CC(O)c2ccccc2)n1. The van der Waals surface area contributed by atoms with Gasteiger partial charge in [0.1, 0.15) is 0 Å². The molecule has 5 nitrogen and oxygen atoms in total. The van der Waals surface area contributed by atoms with Crippen LogP contribution in [0.4, 0.5) is 0 Å². The number of aromatic nitrogens is 3. The zero-order valence-corrected chi connectivity index (χ0v) is 11.6. The van der Waals surface area contributed by atoms with Gasteiger partial charge in [0.05, 0.1) is 12.5 Å². The van der Waals surface area contributed by atoms with Gasteiger partial charge in [0.15, 0.2) is 0 Å². The third-order valence-electron chi connectivity index (χ3n) is 3.28. The first-order valence-corrected chi connectivity index (χ1v) is 6.70. The quantitative estimate of drug-likeness (QED) is 0.796. The molecule has 0 radical (unpaired) electrons. The number of aliphatic hydroxyl groups is 1. The summed E-state index contributed by atoms with van der Waals surface area (Å²) in [6.45, 7) is 1.94. The molecule has 1 unspecified atom stereocenters. The van der Waals surface area contributed by atoms with E-state index >= 15 is 0 Å². The maximum absolute atomic E-state index is 10.2. The maximum atomic E-state index is 10.2. The number of pyridine rings is 1. The Morgan fingerprint density at radius 1 is 1.19 bits per heavy atom. The summed E-state index contributed by atoms with van der Waals surface area (Å²) in [7, 11) is 0. The van der Waals surface area contributed by atoms with Gasteiger partial charge in [-0.25, -0.2) is 0 Å². The zero-order valence-electron chi connectivity index (χ0n) is 11.6. The van der Waals surface area contributed by atoms with Crippen molar-refractivity contribution in [2.45, 2.75) is 19.4 Å². The molecule has 0 fully saturated rings. The molecule has 0 aliphatic heterocycles. The molecule has 1 atom stereocenters. The normalized spacial score (nSPS) is 12.3. The number of hydrogen-bond acceptors (Lipinski definition) is 5. The summed E-state index contributed by atoms with van der Waals surface area (Å²) in [6, 6.07) is 11.3. The topological polar surface area (TPSA) is 72.0 Å². The molecule has 0 saturated heterocycles. The highest BCUT2D eigenvalue weighted by Crippen LogP contribution is 2.21. The largest absolute Gasteiger partial charge is 0.388 e. The summed E-state index contributed by atoms with van der Waals surface area (Å²) in [4.78, 5) is 8.38. The van der Waals surface area contributed by atoms with Crippen LogP contribution < -0.4 is 0 Å². The fourth-order valence-electron chi connectivity index (χ4n) is 2.13. The first-order chi connectivity index (χ1) is 10.2. The predicted molar refractivity (Wildman–Crippen MR) is 77.4 cm³/mol. The third kappa shape index (κ3) is 2.98. The van der Waals surface area contributed by atoms with Gasteiger partial charge in [-0.15, -0.1) is 0 Å². The highest BCUT2D eigenvalue weighted by Gasteiger charge is 2.15. The highest BCUT2D eigenvalue weighted by molar-refractivity contribution is 5.57. The van der Waals surface area contributed by atoms with Gasteiger partial charge in [-0.2, -0.15) is 4.98 Å². The number of rotatable bonds is 4. The second-order valence-corrected chi connectivity index (χ2v) is 4.83. The molecule has 0 aliphatic carbocycles. The molecular weight excluding hydrogens is 266 g/mol. The van der Waals surface area contributed by atoms with E-state index < -0.39 is 6.10 Å². The Kier molecular flexibility index (Phi) is 3.75. The minimum atomic E-state index is -0.655. The van der Waals surface area contributed by atoms with Crippen molar-refractivity contribution in [3.63, 3.8) is 0 Å². The first-order valence-electron chi connectivity index (χ1n) is 6.70. The Balaban J connectivity index is 1.78.